The first-order valence-electron chi connectivity index (χ1n) is 3.32. The van der Waals surface area contributed by atoms with Crippen LogP contribution in [0.4, 0.5) is 11.5 Å². The number of aryl methyl sites for hydroxylation is 1. The number of nitrogen functional groups attached to an aromatic ring is 1. The van der Waals surface area contributed by atoms with Crippen molar-refractivity contribution in [3.05, 3.63) is 23.8 Å². The van der Waals surface area contributed by atoms with Crippen LogP contribution in [0.25, 0.3) is 0 Å². The monoisotopic (exact) mass is 184 g/mol. The molecule has 0 amide bonds. The van der Waals surface area contributed by atoms with Gasteiger partial charge < -0.3 is 11.1 Å². The summed E-state index contributed by atoms with van der Waals surface area (Å²) in [4.78, 5) is 7.74. The number of hydrogen-bond acceptors (Lipinski definition) is 4. The van der Waals surface area contributed by atoms with Crippen LogP contribution >= 0.6 is 11.6 Å². The molecule has 5 heteroatoms. The lowest BCUT2D eigenvalue weighted by atomic mass is 10.3. The molecule has 1 aromatic heterocycles. The summed E-state index contributed by atoms with van der Waals surface area (Å²) in [5.74, 6) is 0.488. The number of nitrogens with one attached hydrogen (secondary N) is 1. The molecule has 0 radical (unpaired) electrons. The van der Waals surface area contributed by atoms with E-state index in [0.29, 0.717) is 17.2 Å². The van der Waals surface area contributed by atoms with Gasteiger partial charge in [0.1, 0.15) is 0 Å². The standard InChI is InChI=1S/C7H9ClN4/c1-3-10-6-5(9)4(2)11-7(8)12-6/h3H,1,9H2,2H3,(H,10,11,12). The van der Waals surface area contributed by atoms with Gasteiger partial charge in [-0.2, -0.15) is 4.98 Å². The summed E-state index contributed by atoms with van der Waals surface area (Å²) in [6.07, 6.45) is 1.48. The quantitative estimate of drug-likeness (QED) is 0.685. The number of anilines is 2. The van der Waals surface area contributed by atoms with Gasteiger partial charge in [0.05, 0.1) is 11.4 Å². The smallest absolute Gasteiger partial charge is 0.224 e. The lowest BCUT2D eigenvalue weighted by Gasteiger charge is -2.05. The fourth-order valence-electron chi connectivity index (χ4n) is 0.754. The number of aromatic nitrogens is 2. The maximum atomic E-state index is 5.64. The van der Waals surface area contributed by atoms with Gasteiger partial charge in [-0.1, -0.05) is 6.58 Å². The maximum absolute atomic E-state index is 5.64. The van der Waals surface area contributed by atoms with E-state index in [1.807, 2.05) is 0 Å². The van der Waals surface area contributed by atoms with Crippen molar-refractivity contribution in [3.63, 3.8) is 0 Å². The predicted molar refractivity (Wildman–Crippen MR) is 50.0 cm³/mol. The van der Waals surface area contributed by atoms with Crippen molar-refractivity contribution in [1.82, 2.24) is 9.97 Å². The van der Waals surface area contributed by atoms with Crippen LogP contribution < -0.4 is 11.1 Å². The van der Waals surface area contributed by atoms with Crippen LogP contribution in [0.3, 0.4) is 0 Å². The maximum Gasteiger partial charge on any atom is 0.224 e. The van der Waals surface area contributed by atoms with E-state index in [-0.39, 0.29) is 5.28 Å². The number of nitrogens with zero attached hydrogens (tertiary/aromatic N) is 2. The van der Waals surface area contributed by atoms with Crippen molar-refractivity contribution in [2.45, 2.75) is 6.92 Å². The van der Waals surface area contributed by atoms with Gasteiger partial charge in [-0.25, -0.2) is 4.98 Å². The number of rotatable bonds is 2. The van der Waals surface area contributed by atoms with E-state index in [4.69, 9.17) is 17.3 Å². The molecule has 0 saturated heterocycles. The minimum absolute atomic E-state index is 0.172. The van der Waals surface area contributed by atoms with Gasteiger partial charge in [0, 0.05) is 0 Å². The molecule has 0 spiro atoms. The number of halogens is 1. The van der Waals surface area contributed by atoms with Crippen LogP contribution in [-0.2, 0) is 0 Å². The molecule has 0 aliphatic heterocycles. The van der Waals surface area contributed by atoms with Gasteiger partial charge in [0.25, 0.3) is 0 Å². The molecule has 4 nitrogen and oxygen atoms in total. The van der Waals surface area contributed by atoms with Gasteiger partial charge >= 0.3 is 0 Å². The Morgan fingerprint density at radius 1 is 1.58 bits per heavy atom. The van der Waals surface area contributed by atoms with Gasteiger partial charge in [-0.3, -0.25) is 0 Å². The van der Waals surface area contributed by atoms with Gasteiger partial charge in [-0.05, 0) is 24.7 Å². The highest BCUT2D eigenvalue weighted by molar-refractivity contribution is 6.28. The molecule has 64 valence electrons. The Bertz CT molecular complexity index is 311. The molecule has 0 aromatic carbocycles. The van der Waals surface area contributed by atoms with Crippen LogP contribution in [0.1, 0.15) is 5.69 Å². The van der Waals surface area contributed by atoms with Crippen LogP contribution in [0.2, 0.25) is 5.28 Å². The minimum atomic E-state index is 0.172. The van der Waals surface area contributed by atoms with Crippen LogP contribution in [0.15, 0.2) is 12.8 Å². The van der Waals surface area contributed by atoms with Crippen LogP contribution in [-0.4, -0.2) is 9.97 Å². The second-order valence-corrected chi connectivity index (χ2v) is 2.53. The van der Waals surface area contributed by atoms with Crippen molar-refractivity contribution >= 4 is 23.1 Å². The van der Waals surface area contributed by atoms with E-state index in [2.05, 4.69) is 21.9 Å². The zero-order valence-corrected chi connectivity index (χ0v) is 7.39. The molecule has 1 heterocycles. The lowest BCUT2D eigenvalue weighted by Crippen LogP contribution is -2.02. The van der Waals surface area contributed by atoms with E-state index in [1.54, 1.807) is 6.92 Å². The topological polar surface area (TPSA) is 63.8 Å². The minimum Gasteiger partial charge on any atom is -0.394 e. The largest absolute Gasteiger partial charge is 0.394 e. The molecule has 0 fully saturated rings. The first-order chi connectivity index (χ1) is 5.65. The molecular weight excluding hydrogens is 176 g/mol. The molecule has 3 N–H and O–H groups in total. The molecule has 1 rings (SSSR count). The second kappa shape index (κ2) is 3.40. The molecule has 0 unspecified atom stereocenters. The lowest BCUT2D eigenvalue weighted by molar-refractivity contribution is 1.11. The first-order valence-corrected chi connectivity index (χ1v) is 3.70. The molecule has 0 bridgehead atoms. The Kier molecular flexibility index (Phi) is 2.50. The van der Waals surface area contributed by atoms with Crippen molar-refractivity contribution in [1.29, 1.82) is 0 Å². The summed E-state index contributed by atoms with van der Waals surface area (Å²) >= 11 is 5.61. The zero-order valence-electron chi connectivity index (χ0n) is 6.63. The number of hydrogen-bond donors (Lipinski definition) is 2. The molecule has 1 aromatic rings. The summed E-state index contributed by atoms with van der Waals surface area (Å²) in [6.45, 7) is 5.25. The third kappa shape index (κ3) is 1.65. The van der Waals surface area contributed by atoms with Gasteiger partial charge in [-0.15, -0.1) is 0 Å². The third-order valence-electron chi connectivity index (χ3n) is 1.35. The van der Waals surface area contributed by atoms with Crippen LogP contribution in [0, 0.1) is 6.92 Å². The third-order valence-corrected chi connectivity index (χ3v) is 1.52. The average molecular weight is 185 g/mol. The highest BCUT2D eigenvalue weighted by Crippen LogP contribution is 2.19. The van der Waals surface area contributed by atoms with Gasteiger partial charge in [0.15, 0.2) is 5.82 Å². The predicted octanol–water partition coefficient (Wildman–Crippen LogP) is 1.58. The Balaban J connectivity index is 3.17. The highest BCUT2D eigenvalue weighted by atomic mass is 35.5. The second-order valence-electron chi connectivity index (χ2n) is 2.19. The molecule has 0 aliphatic carbocycles. The van der Waals surface area contributed by atoms with Crippen LogP contribution in [0.5, 0.6) is 0 Å². The Morgan fingerprint density at radius 2 is 2.25 bits per heavy atom. The highest BCUT2D eigenvalue weighted by Gasteiger charge is 2.05. The van der Waals surface area contributed by atoms with E-state index in [1.165, 1.54) is 6.20 Å². The fourth-order valence-corrected chi connectivity index (χ4v) is 0.965. The van der Waals surface area contributed by atoms with Crippen molar-refractivity contribution in [2.75, 3.05) is 11.1 Å². The summed E-state index contributed by atoms with van der Waals surface area (Å²) in [7, 11) is 0. The van der Waals surface area contributed by atoms with Crippen molar-refractivity contribution in [3.8, 4) is 0 Å². The average Bonchev–Trinajstić information content (AvgIpc) is 2.00. The van der Waals surface area contributed by atoms with Crippen molar-refractivity contribution in [2.24, 2.45) is 0 Å². The molecule has 0 saturated carbocycles. The fraction of sp³-hybridized carbons (Fsp3) is 0.143. The number of nitrogens with two attached hydrogens (primary N) is 1. The molecule has 0 aliphatic rings. The zero-order chi connectivity index (χ0) is 9.14. The summed E-state index contributed by atoms with van der Waals surface area (Å²) in [6, 6.07) is 0. The van der Waals surface area contributed by atoms with Crippen molar-refractivity contribution < 1.29 is 0 Å². The Hall–Kier alpha value is -1.29. The molecular formula is C7H9ClN4. The summed E-state index contributed by atoms with van der Waals surface area (Å²) < 4.78 is 0. The summed E-state index contributed by atoms with van der Waals surface area (Å²) in [5.41, 5.74) is 6.78. The van der Waals surface area contributed by atoms with E-state index >= 15 is 0 Å². The first kappa shape index (κ1) is 8.80. The normalized spacial score (nSPS) is 9.50. The van der Waals surface area contributed by atoms with E-state index in [0.717, 1.165) is 0 Å². The Morgan fingerprint density at radius 3 is 2.83 bits per heavy atom. The molecule has 12 heavy (non-hydrogen) atoms. The van der Waals surface area contributed by atoms with E-state index < -0.39 is 0 Å². The van der Waals surface area contributed by atoms with Gasteiger partial charge in [0.2, 0.25) is 5.28 Å². The van der Waals surface area contributed by atoms with E-state index in [9.17, 15) is 0 Å². The summed E-state index contributed by atoms with van der Waals surface area (Å²) in [5, 5.41) is 2.93. The SMILES string of the molecule is C=CNc1nc(Cl)nc(C)c1N. The molecule has 0 atom stereocenters. The Labute approximate surface area is 75.5 Å².